The fraction of sp³-hybridized carbons (Fsp3) is 0.182. The number of nitrogens with zero attached hydrogens (tertiary/aromatic N) is 1. The second-order valence-electron chi connectivity index (χ2n) is 3.78. The van der Waals surface area contributed by atoms with Crippen LogP contribution in [0.5, 0.6) is 0 Å². The van der Waals surface area contributed by atoms with Gasteiger partial charge in [0.1, 0.15) is 4.21 Å². The molecule has 2 rings (SSSR count). The van der Waals surface area contributed by atoms with Crippen LogP contribution in [-0.4, -0.2) is 13.4 Å². The molecule has 0 saturated heterocycles. The molecule has 0 aromatic carbocycles. The summed E-state index contributed by atoms with van der Waals surface area (Å²) in [5, 5.41) is 0.385. The van der Waals surface area contributed by atoms with Gasteiger partial charge in [-0.1, -0.05) is 17.7 Å². The van der Waals surface area contributed by atoms with Gasteiger partial charge in [-0.3, -0.25) is 4.98 Å². The SMILES string of the molecule is CC(NS(=O)(=O)c1cc(Cl)c(Br)s1)c1ccccn1. The Hall–Kier alpha value is -0.470. The maximum atomic E-state index is 12.2. The second-order valence-corrected chi connectivity index (χ2v) is 8.50. The van der Waals surface area contributed by atoms with E-state index in [9.17, 15) is 8.42 Å². The van der Waals surface area contributed by atoms with Gasteiger partial charge in [0.25, 0.3) is 10.0 Å². The molecule has 0 amide bonds. The zero-order valence-electron chi connectivity index (χ0n) is 9.80. The standard InChI is InChI=1S/C11H10BrClN2O2S2/c1-7(9-4-2-3-5-14-9)15-19(16,17)10-6-8(13)11(12)18-10/h2-7,15H,1H3. The van der Waals surface area contributed by atoms with Crippen molar-refractivity contribution in [2.45, 2.75) is 17.2 Å². The zero-order valence-corrected chi connectivity index (χ0v) is 13.8. The van der Waals surface area contributed by atoms with Crippen LogP contribution in [0.1, 0.15) is 18.7 Å². The Bertz CT molecular complexity index is 654. The van der Waals surface area contributed by atoms with Gasteiger partial charge in [-0.15, -0.1) is 11.3 Å². The van der Waals surface area contributed by atoms with Gasteiger partial charge in [0.2, 0.25) is 0 Å². The van der Waals surface area contributed by atoms with Gasteiger partial charge in [0, 0.05) is 6.20 Å². The molecule has 19 heavy (non-hydrogen) atoms. The van der Waals surface area contributed by atoms with Crippen molar-refractivity contribution in [3.8, 4) is 0 Å². The number of nitrogens with one attached hydrogen (secondary N) is 1. The Kier molecular flexibility index (Phi) is 4.62. The second kappa shape index (κ2) is 5.88. The topological polar surface area (TPSA) is 59.1 Å². The van der Waals surface area contributed by atoms with Gasteiger partial charge in [-0.25, -0.2) is 13.1 Å². The van der Waals surface area contributed by atoms with Crippen molar-refractivity contribution in [2.24, 2.45) is 0 Å². The van der Waals surface area contributed by atoms with Crippen LogP contribution in [0.4, 0.5) is 0 Å². The minimum Gasteiger partial charge on any atom is -0.260 e. The van der Waals surface area contributed by atoms with Crippen LogP contribution in [0.3, 0.4) is 0 Å². The van der Waals surface area contributed by atoms with Crippen LogP contribution in [-0.2, 0) is 10.0 Å². The number of rotatable bonds is 4. The average Bonchev–Trinajstić information content (AvgIpc) is 2.71. The molecule has 0 aliphatic rings. The minimum atomic E-state index is -3.60. The third-order valence-corrected chi connectivity index (χ3v) is 6.84. The number of hydrogen-bond acceptors (Lipinski definition) is 4. The van der Waals surface area contributed by atoms with Crippen LogP contribution >= 0.6 is 38.9 Å². The first-order chi connectivity index (χ1) is 8.90. The number of aromatic nitrogens is 1. The molecule has 0 saturated carbocycles. The molecule has 1 atom stereocenters. The summed E-state index contributed by atoms with van der Waals surface area (Å²) >= 11 is 10.1. The van der Waals surface area contributed by atoms with Crippen molar-refractivity contribution < 1.29 is 8.42 Å². The first kappa shape index (κ1) is 14.9. The van der Waals surface area contributed by atoms with Gasteiger partial charge in [-0.05, 0) is 41.1 Å². The molecule has 0 radical (unpaired) electrons. The van der Waals surface area contributed by atoms with E-state index in [1.165, 1.54) is 6.07 Å². The highest BCUT2D eigenvalue weighted by molar-refractivity contribution is 9.11. The number of sulfonamides is 1. The average molecular weight is 382 g/mol. The van der Waals surface area contributed by atoms with Crippen molar-refractivity contribution >= 4 is 48.9 Å². The lowest BCUT2D eigenvalue weighted by Gasteiger charge is -2.12. The molecule has 4 nitrogen and oxygen atoms in total. The van der Waals surface area contributed by atoms with Gasteiger partial charge >= 0.3 is 0 Å². The maximum absolute atomic E-state index is 12.2. The monoisotopic (exact) mass is 380 g/mol. The van der Waals surface area contributed by atoms with Crippen molar-refractivity contribution in [3.05, 3.63) is 45.0 Å². The lowest BCUT2D eigenvalue weighted by Crippen LogP contribution is -2.26. The summed E-state index contributed by atoms with van der Waals surface area (Å²) < 4.78 is 27.7. The highest BCUT2D eigenvalue weighted by Gasteiger charge is 2.22. The lowest BCUT2D eigenvalue weighted by atomic mass is 10.2. The van der Waals surface area contributed by atoms with E-state index < -0.39 is 16.1 Å². The molecule has 0 aliphatic carbocycles. The van der Waals surface area contributed by atoms with Crippen LogP contribution in [0.25, 0.3) is 0 Å². The van der Waals surface area contributed by atoms with Gasteiger partial charge in [0.15, 0.2) is 0 Å². The maximum Gasteiger partial charge on any atom is 0.250 e. The molecular formula is C11H10BrClN2O2S2. The van der Waals surface area contributed by atoms with Gasteiger partial charge in [-0.2, -0.15) is 0 Å². The largest absolute Gasteiger partial charge is 0.260 e. The van der Waals surface area contributed by atoms with Crippen molar-refractivity contribution in [3.63, 3.8) is 0 Å². The van der Waals surface area contributed by atoms with E-state index in [1.54, 1.807) is 25.3 Å². The number of halogens is 2. The highest BCUT2D eigenvalue weighted by atomic mass is 79.9. The summed E-state index contributed by atoms with van der Waals surface area (Å²) in [6.45, 7) is 1.74. The molecule has 8 heteroatoms. The lowest BCUT2D eigenvalue weighted by molar-refractivity contribution is 0.566. The van der Waals surface area contributed by atoms with E-state index in [-0.39, 0.29) is 4.21 Å². The minimum absolute atomic E-state index is 0.173. The summed E-state index contributed by atoms with van der Waals surface area (Å²) in [6, 6.07) is 6.37. The molecule has 2 heterocycles. The number of thiophene rings is 1. The first-order valence-corrected chi connectivity index (χ1v) is 8.75. The van der Waals surface area contributed by atoms with Crippen LogP contribution in [0.15, 0.2) is 38.5 Å². The Morgan fingerprint density at radius 3 is 2.74 bits per heavy atom. The molecule has 102 valence electrons. The summed E-state index contributed by atoms with van der Waals surface area (Å²) in [6.07, 6.45) is 1.62. The summed E-state index contributed by atoms with van der Waals surface area (Å²) in [5.41, 5.74) is 0.660. The molecule has 1 N–H and O–H groups in total. The Labute approximate surface area is 129 Å². The third-order valence-electron chi connectivity index (χ3n) is 2.35. The van der Waals surface area contributed by atoms with E-state index in [4.69, 9.17) is 11.6 Å². The van der Waals surface area contributed by atoms with Gasteiger partial charge < -0.3 is 0 Å². The van der Waals surface area contributed by atoms with Crippen molar-refractivity contribution in [1.82, 2.24) is 9.71 Å². The molecule has 0 fully saturated rings. The quantitative estimate of drug-likeness (QED) is 0.880. The Morgan fingerprint density at radius 1 is 1.47 bits per heavy atom. The molecule has 0 aliphatic heterocycles. The van der Waals surface area contributed by atoms with Crippen molar-refractivity contribution in [1.29, 1.82) is 0 Å². The Morgan fingerprint density at radius 2 is 2.21 bits per heavy atom. The zero-order chi connectivity index (χ0) is 14.0. The predicted octanol–water partition coefficient (Wildman–Crippen LogP) is 3.60. The third kappa shape index (κ3) is 3.55. The fourth-order valence-corrected chi connectivity index (χ4v) is 5.07. The summed E-state index contributed by atoms with van der Waals surface area (Å²) in [5.74, 6) is 0. The predicted molar refractivity (Wildman–Crippen MR) is 80.0 cm³/mol. The summed E-state index contributed by atoms with van der Waals surface area (Å²) in [7, 11) is -3.60. The van der Waals surface area contributed by atoms with E-state index in [1.807, 2.05) is 6.07 Å². The number of hydrogen-bond donors (Lipinski definition) is 1. The van der Waals surface area contributed by atoms with E-state index in [2.05, 4.69) is 25.6 Å². The summed E-state index contributed by atoms with van der Waals surface area (Å²) in [4.78, 5) is 4.12. The molecular weight excluding hydrogens is 372 g/mol. The van der Waals surface area contributed by atoms with Gasteiger partial charge in [0.05, 0.1) is 20.5 Å². The van der Waals surface area contributed by atoms with E-state index in [0.29, 0.717) is 14.5 Å². The highest BCUT2D eigenvalue weighted by Crippen LogP contribution is 2.34. The smallest absolute Gasteiger partial charge is 0.250 e. The Balaban J connectivity index is 2.22. The van der Waals surface area contributed by atoms with Crippen molar-refractivity contribution in [2.75, 3.05) is 0 Å². The van der Waals surface area contributed by atoms with Crippen LogP contribution in [0.2, 0.25) is 5.02 Å². The normalized spacial score (nSPS) is 13.4. The van der Waals surface area contributed by atoms with Crippen LogP contribution < -0.4 is 4.72 Å². The molecule has 0 bridgehead atoms. The number of pyridine rings is 1. The van der Waals surface area contributed by atoms with Crippen LogP contribution in [0, 0.1) is 0 Å². The molecule has 2 aromatic rings. The molecule has 0 spiro atoms. The molecule has 2 aromatic heterocycles. The fourth-order valence-electron chi connectivity index (χ4n) is 1.44. The first-order valence-electron chi connectivity index (χ1n) is 5.28. The van der Waals surface area contributed by atoms with E-state index in [0.717, 1.165) is 11.3 Å². The molecule has 1 unspecified atom stereocenters. The van der Waals surface area contributed by atoms with E-state index >= 15 is 0 Å².